The molecule has 0 unspecified atom stereocenters. The second kappa shape index (κ2) is 5.30. The summed E-state index contributed by atoms with van der Waals surface area (Å²) in [6.07, 6.45) is -1.72. The van der Waals surface area contributed by atoms with Crippen LogP contribution in [0, 0.1) is 5.92 Å². The minimum absolute atomic E-state index is 0.0710. The van der Waals surface area contributed by atoms with Crippen molar-refractivity contribution in [1.29, 1.82) is 0 Å². The molecule has 3 nitrogen and oxygen atoms in total. The fourth-order valence-electron chi connectivity index (χ4n) is 2.30. The molecular formula is C13H17F2NO2. The van der Waals surface area contributed by atoms with Crippen LogP contribution in [0.4, 0.5) is 8.78 Å². The van der Waals surface area contributed by atoms with Crippen molar-refractivity contribution < 1.29 is 19.0 Å². The summed E-state index contributed by atoms with van der Waals surface area (Å²) in [6, 6.07) is 9.47. The zero-order valence-electron chi connectivity index (χ0n) is 9.97. The highest BCUT2D eigenvalue weighted by Gasteiger charge is 2.50. The maximum atomic E-state index is 13.5. The van der Waals surface area contributed by atoms with Gasteiger partial charge in [0.1, 0.15) is 6.10 Å². The molecule has 0 spiro atoms. The first-order valence-electron chi connectivity index (χ1n) is 5.97. The van der Waals surface area contributed by atoms with Gasteiger partial charge in [-0.2, -0.15) is 0 Å². The molecule has 2 rings (SSSR count). The van der Waals surface area contributed by atoms with E-state index >= 15 is 0 Å². The molecule has 0 saturated carbocycles. The van der Waals surface area contributed by atoms with Crippen LogP contribution in [0.25, 0.3) is 0 Å². The van der Waals surface area contributed by atoms with Gasteiger partial charge in [-0.05, 0) is 5.56 Å². The zero-order chi connectivity index (χ0) is 13.2. The SMILES string of the molecule is OC[C@@H]1CN(Cc2ccccc2)C[C@@H](O)C1(F)F. The smallest absolute Gasteiger partial charge is 0.280 e. The number of nitrogens with zero attached hydrogens (tertiary/aromatic N) is 1. The van der Waals surface area contributed by atoms with E-state index in [2.05, 4.69) is 0 Å². The second-order valence-corrected chi connectivity index (χ2v) is 4.75. The van der Waals surface area contributed by atoms with E-state index < -0.39 is 24.6 Å². The van der Waals surface area contributed by atoms with Gasteiger partial charge in [0.15, 0.2) is 0 Å². The number of rotatable bonds is 3. The molecule has 2 atom stereocenters. The van der Waals surface area contributed by atoms with Crippen molar-refractivity contribution in [2.24, 2.45) is 5.92 Å². The molecule has 1 fully saturated rings. The number of likely N-dealkylation sites (tertiary alicyclic amines) is 1. The minimum atomic E-state index is -3.21. The Kier molecular flexibility index (Phi) is 3.94. The Morgan fingerprint density at radius 1 is 1.22 bits per heavy atom. The van der Waals surface area contributed by atoms with Gasteiger partial charge in [0.25, 0.3) is 5.92 Å². The first-order valence-corrected chi connectivity index (χ1v) is 5.97. The number of aliphatic hydroxyl groups is 2. The molecule has 0 radical (unpaired) electrons. The number of aliphatic hydroxyl groups excluding tert-OH is 2. The molecular weight excluding hydrogens is 240 g/mol. The zero-order valence-corrected chi connectivity index (χ0v) is 9.97. The Labute approximate surface area is 105 Å². The standard InChI is InChI=1S/C13H17F2NO2/c14-13(15)11(9-17)7-16(8-12(13)18)6-10-4-2-1-3-5-10/h1-5,11-12,17-18H,6-9H2/t11-,12+/m0/s1. The molecule has 1 saturated heterocycles. The van der Waals surface area contributed by atoms with E-state index in [1.54, 1.807) is 4.90 Å². The monoisotopic (exact) mass is 257 g/mol. The van der Waals surface area contributed by atoms with Crippen LogP contribution in [0.3, 0.4) is 0 Å². The molecule has 5 heteroatoms. The highest BCUT2D eigenvalue weighted by Crippen LogP contribution is 2.33. The largest absolute Gasteiger partial charge is 0.396 e. The predicted molar refractivity (Wildman–Crippen MR) is 63.2 cm³/mol. The Hall–Kier alpha value is -1.04. The van der Waals surface area contributed by atoms with Gasteiger partial charge in [-0.15, -0.1) is 0 Å². The minimum Gasteiger partial charge on any atom is -0.396 e. The third kappa shape index (κ3) is 2.68. The van der Waals surface area contributed by atoms with Gasteiger partial charge in [-0.3, -0.25) is 4.90 Å². The van der Waals surface area contributed by atoms with Crippen LogP contribution in [0.15, 0.2) is 30.3 Å². The highest BCUT2D eigenvalue weighted by atomic mass is 19.3. The Balaban J connectivity index is 2.04. The van der Waals surface area contributed by atoms with Crippen LogP contribution in [0.2, 0.25) is 0 Å². The number of benzene rings is 1. The number of halogens is 2. The lowest BCUT2D eigenvalue weighted by Gasteiger charge is -2.40. The molecule has 100 valence electrons. The molecule has 1 aliphatic rings. The lowest BCUT2D eigenvalue weighted by Crippen LogP contribution is -2.57. The summed E-state index contributed by atoms with van der Waals surface area (Å²) in [6.45, 7) is -0.0896. The van der Waals surface area contributed by atoms with Gasteiger partial charge in [-0.25, -0.2) is 8.78 Å². The van der Waals surface area contributed by atoms with Crippen molar-refractivity contribution in [2.75, 3.05) is 19.7 Å². The second-order valence-electron chi connectivity index (χ2n) is 4.75. The molecule has 1 aliphatic heterocycles. The predicted octanol–water partition coefficient (Wildman–Crippen LogP) is 1.11. The average Bonchev–Trinajstić information content (AvgIpc) is 2.35. The first-order chi connectivity index (χ1) is 8.54. The van der Waals surface area contributed by atoms with E-state index in [9.17, 15) is 13.9 Å². The molecule has 1 aromatic carbocycles. The number of β-amino-alcohol motifs (C(OH)–C–C–N with tert-alkyl or cyclic N) is 1. The van der Waals surface area contributed by atoms with Gasteiger partial charge in [0.05, 0.1) is 12.5 Å². The number of hydrogen-bond acceptors (Lipinski definition) is 3. The van der Waals surface area contributed by atoms with Crippen LogP contribution in [0.1, 0.15) is 5.56 Å². The normalized spacial score (nSPS) is 28.2. The van der Waals surface area contributed by atoms with E-state index in [1.165, 1.54) is 0 Å². The molecule has 0 amide bonds. The third-order valence-corrected chi connectivity index (χ3v) is 3.37. The van der Waals surface area contributed by atoms with Crippen LogP contribution >= 0.6 is 0 Å². The Bertz CT molecular complexity index is 386. The van der Waals surface area contributed by atoms with Gasteiger partial charge >= 0.3 is 0 Å². The van der Waals surface area contributed by atoms with Crippen molar-refractivity contribution in [3.8, 4) is 0 Å². The van der Waals surface area contributed by atoms with Crippen LogP contribution in [-0.4, -0.2) is 46.8 Å². The van der Waals surface area contributed by atoms with Gasteiger partial charge in [0, 0.05) is 19.6 Å². The summed E-state index contributed by atoms with van der Waals surface area (Å²) in [5.74, 6) is -4.41. The average molecular weight is 257 g/mol. The van der Waals surface area contributed by atoms with Crippen LogP contribution < -0.4 is 0 Å². The summed E-state index contributed by atoms with van der Waals surface area (Å²) < 4.78 is 27.1. The molecule has 0 aromatic heterocycles. The summed E-state index contributed by atoms with van der Waals surface area (Å²) >= 11 is 0. The highest BCUT2D eigenvalue weighted by molar-refractivity contribution is 5.14. The quantitative estimate of drug-likeness (QED) is 0.852. The van der Waals surface area contributed by atoms with Crippen LogP contribution in [0.5, 0.6) is 0 Å². The third-order valence-electron chi connectivity index (χ3n) is 3.37. The van der Waals surface area contributed by atoms with Gasteiger partial charge in [-0.1, -0.05) is 30.3 Å². The number of alkyl halides is 2. The van der Waals surface area contributed by atoms with Gasteiger partial charge < -0.3 is 10.2 Å². The van der Waals surface area contributed by atoms with Crippen molar-refractivity contribution >= 4 is 0 Å². The summed E-state index contributed by atoms with van der Waals surface area (Å²) in [5.41, 5.74) is 1.01. The molecule has 0 aliphatic carbocycles. The summed E-state index contributed by atoms with van der Waals surface area (Å²) in [7, 11) is 0. The Morgan fingerprint density at radius 3 is 2.50 bits per heavy atom. The van der Waals surface area contributed by atoms with Crippen molar-refractivity contribution in [2.45, 2.75) is 18.6 Å². The van der Waals surface area contributed by atoms with Crippen molar-refractivity contribution in [3.05, 3.63) is 35.9 Å². The fraction of sp³-hybridized carbons (Fsp3) is 0.538. The molecule has 0 bridgehead atoms. The topological polar surface area (TPSA) is 43.7 Å². The maximum Gasteiger partial charge on any atom is 0.280 e. The van der Waals surface area contributed by atoms with E-state index in [4.69, 9.17) is 5.11 Å². The summed E-state index contributed by atoms with van der Waals surface area (Å²) in [5, 5.41) is 18.5. The maximum absolute atomic E-state index is 13.5. The van der Waals surface area contributed by atoms with E-state index in [1.807, 2.05) is 30.3 Å². The molecule has 2 N–H and O–H groups in total. The lowest BCUT2D eigenvalue weighted by molar-refractivity contribution is -0.193. The van der Waals surface area contributed by atoms with E-state index in [0.717, 1.165) is 5.56 Å². The Morgan fingerprint density at radius 2 is 1.89 bits per heavy atom. The van der Waals surface area contributed by atoms with Crippen molar-refractivity contribution in [1.82, 2.24) is 4.90 Å². The number of piperidine rings is 1. The fourth-order valence-corrected chi connectivity index (χ4v) is 2.30. The summed E-state index contributed by atoms with van der Waals surface area (Å²) in [4.78, 5) is 1.75. The van der Waals surface area contributed by atoms with Gasteiger partial charge in [0.2, 0.25) is 0 Å². The van der Waals surface area contributed by atoms with Crippen molar-refractivity contribution in [3.63, 3.8) is 0 Å². The van der Waals surface area contributed by atoms with E-state index in [0.29, 0.717) is 6.54 Å². The molecule has 18 heavy (non-hydrogen) atoms. The first kappa shape index (κ1) is 13.4. The van der Waals surface area contributed by atoms with Crippen LogP contribution in [-0.2, 0) is 6.54 Å². The number of hydrogen-bond donors (Lipinski definition) is 2. The van der Waals surface area contributed by atoms with E-state index in [-0.39, 0.29) is 13.1 Å². The molecule has 1 aromatic rings. The lowest BCUT2D eigenvalue weighted by atomic mass is 9.91. The molecule has 1 heterocycles.